The van der Waals surface area contributed by atoms with E-state index in [4.69, 9.17) is 11.6 Å². The van der Waals surface area contributed by atoms with Gasteiger partial charge in [-0.2, -0.15) is 0 Å². The minimum absolute atomic E-state index is 0.0247. The third kappa shape index (κ3) is 1.49. The van der Waals surface area contributed by atoms with Crippen LogP contribution >= 0.6 is 11.6 Å². The lowest BCUT2D eigenvalue weighted by Gasteiger charge is -2.22. The molecule has 24 heavy (non-hydrogen) atoms. The normalized spacial score (nSPS) is 34.3. The first-order valence-electron chi connectivity index (χ1n) is 8.03. The number of nitrogens with zero attached hydrogens (tertiary/aromatic N) is 1. The highest BCUT2D eigenvalue weighted by Gasteiger charge is 2.73. The Morgan fingerprint density at radius 3 is 2.21 bits per heavy atom. The lowest BCUT2D eigenvalue weighted by molar-refractivity contribution is -0.255. The maximum atomic E-state index is 12.9. The first-order valence-corrected chi connectivity index (χ1v) is 8.40. The number of allylic oxidation sites excluding steroid dienone is 2. The Bertz CT molecular complexity index is 823. The van der Waals surface area contributed by atoms with Gasteiger partial charge in [0, 0.05) is 10.6 Å². The highest BCUT2D eigenvalue weighted by molar-refractivity contribution is 6.33. The van der Waals surface area contributed by atoms with E-state index in [9.17, 15) is 19.5 Å². The second kappa shape index (κ2) is 4.28. The van der Waals surface area contributed by atoms with Crippen LogP contribution in [0, 0.1) is 29.1 Å². The van der Waals surface area contributed by atoms with Crippen molar-refractivity contribution in [3.63, 3.8) is 0 Å². The van der Waals surface area contributed by atoms with E-state index in [1.165, 1.54) is 18.2 Å². The van der Waals surface area contributed by atoms with Gasteiger partial charge in [-0.05, 0) is 48.3 Å². The van der Waals surface area contributed by atoms with Crippen molar-refractivity contribution in [3.8, 4) is 0 Å². The SMILES string of the molecule is O=C([O-])c1cc(N2C(=O)[C@H]3[C@H](C2=O)[C@@H]2C=C[C@H]3C23CC3)ccc1Cl. The van der Waals surface area contributed by atoms with Gasteiger partial charge in [0.25, 0.3) is 0 Å². The molecule has 3 aliphatic carbocycles. The molecule has 0 unspecified atom stereocenters. The van der Waals surface area contributed by atoms with E-state index >= 15 is 0 Å². The van der Waals surface area contributed by atoms with Crippen molar-refractivity contribution < 1.29 is 19.5 Å². The summed E-state index contributed by atoms with van der Waals surface area (Å²) in [4.78, 5) is 38.2. The van der Waals surface area contributed by atoms with E-state index in [-0.39, 0.29) is 57.2 Å². The fourth-order valence-corrected chi connectivity index (χ4v) is 5.34. The van der Waals surface area contributed by atoms with Crippen LogP contribution in [-0.4, -0.2) is 17.8 Å². The third-order valence-corrected chi connectivity index (χ3v) is 6.61. The van der Waals surface area contributed by atoms with Gasteiger partial charge in [-0.15, -0.1) is 0 Å². The van der Waals surface area contributed by atoms with E-state index in [2.05, 4.69) is 12.2 Å². The fourth-order valence-electron chi connectivity index (χ4n) is 5.14. The number of benzene rings is 1. The number of carboxylic acid groups (broad SMARTS) is 1. The molecule has 6 heteroatoms. The van der Waals surface area contributed by atoms with Gasteiger partial charge in [0.15, 0.2) is 0 Å². The summed E-state index contributed by atoms with van der Waals surface area (Å²) in [6.07, 6.45) is 6.36. The van der Waals surface area contributed by atoms with Gasteiger partial charge in [-0.25, -0.2) is 4.90 Å². The van der Waals surface area contributed by atoms with Gasteiger partial charge in [-0.3, -0.25) is 9.59 Å². The topological polar surface area (TPSA) is 77.5 Å². The summed E-state index contributed by atoms with van der Waals surface area (Å²) >= 11 is 5.85. The van der Waals surface area contributed by atoms with Crippen molar-refractivity contribution in [2.45, 2.75) is 12.8 Å². The number of carboxylic acids is 1. The second-order valence-corrected chi connectivity index (χ2v) is 7.59. The van der Waals surface area contributed by atoms with Crippen LogP contribution in [0.25, 0.3) is 0 Å². The molecule has 5 rings (SSSR count). The molecule has 1 heterocycles. The van der Waals surface area contributed by atoms with Crippen LogP contribution in [0.2, 0.25) is 5.02 Å². The van der Waals surface area contributed by atoms with Gasteiger partial charge in [0.1, 0.15) is 0 Å². The average Bonchev–Trinajstić information content (AvgIpc) is 3.14. The number of hydrogen-bond donors (Lipinski definition) is 0. The molecule has 1 aromatic rings. The molecule has 2 amide bonds. The molecular formula is C18H13ClNO4-. The Balaban J connectivity index is 1.56. The van der Waals surface area contributed by atoms with Gasteiger partial charge in [-0.1, -0.05) is 23.8 Å². The summed E-state index contributed by atoms with van der Waals surface area (Å²) in [5, 5.41) is 11.2. The van der Waals surface area contributed by atoms with Crippen molar-refractivity contribution in [2.24, 2.45) is 29.1 Å². The summed E-state index contributed by atoms with van der Waals surface area (Å²) in [6.45, 7) is 0. The molecule has 2 saturated carbocycles. The molecule has 0 radical (unpaired) electrons. The smallest absolute Gasteiger partial charge is 0.238 e. The summed E-state index contributed by atoms with van der Waals surface area (Å²) in [5.74, 6) is -2.21. The van der Waals surface area contributed by atoms with Crippen molar-refractivity contribution in [3.05, 3.63) is 40.9 Å². The molecule has 2 bridgehead atoms. The molecule has 1 aromatic carbocycles. The van der Waals surface area contributed by atoms with Crippen LogP contribution in [0.15, 0.2) is 30.4 Å². The van der Waals surface area contributed by atoms with Crippen molar-refractivity contribution in [1.29, 1.82) is 0 Å². The number of amides is 2. The number of hydrogen-bond acceptors (Lipinski definition) is 4. The molecule has 0 aromatic heterocycles. The zero-order chi connectivity index (χ0) is 16.8. The number of rotatable bonds is 2. The monoisotopic (exact) mass is 342 g/mol. The van der Waals surface area contributed by atoms with Gasteiger partial charge in [0.05, 0.1) is 23.5 Å². The standard InChI is InChI=1S/C18H14ClNO4/c19-12-4-1-8(7-9(12)17(23)24)20-15(21)13-10-2-3-11(14(13)16(20)22)18(10)5-6-18/h1-4,7,10-11,13-14H,5-6H2,(H,23,24)/p-1/t10-,11+,13-,14-/m1/s1. The van der Waals surface area contributed by atoms with E-state index in [1.807, 2.05) is 0 Å². The molecule has 0 N–H and O–H groups in total. The molecule has 1 spiro atoms. The lowest BCUT2D eigenvalue weighted by Crippen LogP contribution is -2.35. The second-order valence-electron chi connectivity index (χ2n) is 7.18. The van der Waals surface area contributed by atoms with Crippen molar-refractivity contribution in [1.82, 2.24) is 0 Å². The highest BCUT2D eigenvalue weighted by Crippen LogP contribution is 2.73. The van der Waals surface area contributed by atoms with E-state index in [1.54, 1.807) is 0 Å². The summed E-state index contributed by atoms with van der Waals surface area (Å²) in [5.41, 5.74) is 0.182. The maximum absolute atomic E-state index is 12.9. The lowest BCUT2D eigenvalue weighted by atomic mass is 9.85. The van der Waals surface area contributed by atoms with E-state index < -0.39 is 5.97 Å². The number of aromatic carboxylic acids is 1. The summed E-state index contributed by atoms with van der Waals surface area (Å²) in [7, 11) is 0. The average molecular weight is 343 g/mol. The third-order valence-electron chi connectivity index (χ3n) is 6.28. The Kier molecular flexibility index (Phi) is 2.53. The minimum atomic E-state index is -1.43. The Morgan fingerprint density at radius 1 is 1.12 bits per heavy atom. The zero-order valence-corrected chi connectivity index (χ0v) is 13.3. The molecule has 1 aliphatic heterocycles. The molecule has 1 saturated heterocycles. The van der Waals surface area contributed by atoms with Crippen LogP contribution in [0.1, 0.15) is 23.2 Å². The number of fused-ring (bicyclic) bond motifs is 3. The first kappa shape index (κ1) is 14.2. The molecule has 4 atom stereocenters. The predicted molar refractivity (Wildman–Crippen MR) is 83.0 cm³/mol. The first-order chi connectivity index (χ1) is 11.5. The molecule has 3 fully saturated rings. The van der Waals surface area contributed by atoms with Gasteiger partial charge >= 0.3 is 0 Å². The number of carbonyl (C=O) groups is 3. The molecule has 122 valence electrons. The quantitative estimate of drug-likeness (QED) is 0.601. The summed E-state index contributed by atoms with van der Waals surface area (Å²) < 4.78 is 0. The van der Waals surface area contributed by atoms with Crippen LogP contribution in [0.4, 0.5) is 5.69 Å². The zero-order valence-electron chi connectivity index (χ0n) is 12.6. The number of carbonyl (C=O) groups excluding carboxylic acids is 3. The number of anilines is 1. The Hall–Kier alpha value is -2.14. The van der Waals surface area contributed by atoms with E-state index in [0.29, 0.717) is 0 Å². The highest BCUT2D eigenvalue weighted by atomic mass is 35.5. The van der Waals surface area contributed by atoms with Crippen molar-refractivity contribution in [2.75, 3.05) is 4.90 Å². The van der Waals surface area contributed by atoms with Gasteiger partial charge < -0.3 is 9.90 Å². The van der Waals surface area contributed by atoms with Crippen LogP contribution in [0.5, 0.6) is 0 Å². The van der Waals surface area contributed by atoms with Gasteiger partial charge in [0.2, 0.25) is 11.8 Å². The van der Waals surface area contributed by atoms with Crippen LogP contribution in [-0.2, 0) is 9.59 Å². The maximum Gasteiger partial charge on any atom is 0.238 e. The molecule has 5 nitrogen and oxygen atoms in total. The number of imide groups is 1. The minimum Gasteiger partial charge on any atom is -0.545 e. The predicted octanol–water partition coefficient (Wildman–Crippen LogP) is 1.41. The van der Waals surface area contributed by atoms with E-state index in [0.717, 1.165) is 17.7 Å². The fraction of sp³-hybridized carbons (Fsp3) is 0.389. The largest absolute Gasteiger partial charge is 0.545 e. The molecule has 4 aliphatic rings. The van der Waals surface area contributed by atoms with Crippen LogP contribution in [0.3, 0.4) is 0 Å². The van der Waals surface area contributed by atoms with Crippen molar-refractivity contribution >= 4 is 35.1 Å². The molecular weight excluding hydrogens is 330 g/mol. The Labute approximate surface area is 142 Å². The Morgan fingerprint density at radius 2 is 1.71 bits per heavy atom. The van der Waals surface area contributed by atoms with Crippen LogP contribution < -0.4 is 10.0 Å². The number of halogens is 1. The summed E-state index contributed by atoms with van der Waals surface area (Å²) in [6, 6.07) is 4.14.